The number of nitrogens with zero attached hydrogens (tertiary/aromatic N) is 2. The van der Waals surface area contributed by atoms with Crippen molar-refractivity contribution in [1.82, 2.24) is 10.2 Å². The van der Waals surface area contributed by atoms with Gasteiger partial charge >= 0.3 is 5.97 Å². The second-order valence-corrected chi connectivity index (χ2v) is 9.57. The Labute approximate surface area is 235 Å². The maximum atomic E-state index is 12.8. The van der Waals surface area contributed by atoms with Crippen LogP contribution in [0.3, 0.4) is 0 Å². The number of piperazine rings is 1. The Morgan fingerprint density at radius 1 is 0.895 bits per heavy atom. The zero-order valence-corrected chi connectivity index (χ0v) is 22.7. The molecule has 1 aliphatic rings. The lowest BCUT2D eigenvalue weighted by molar-refractivity contribution is 0.0600. The highest BCUT2D eigenvalue weighted by Crippen LogP contribution is 2.29. The number of carbonyl (C=O) groups is 3. The second-order valence-electron chi connectivity index (χ2n) is 8.38. The fourth-order valence-corrected chi connectivity index (χ4v) is 4.66. The van der Waals surface area contributed by atoms with Crippen LogP contribution in [0.2, 0.25) is 10.0 Å². The smallest absolute Gasteiger partial charge is 0.337 e. The molecule has 8 nitrogen and oxygen atoms in total. The molecule has 2 N–H and O–H groups in total. The maximum absolute atomic E-state index is 12.8. The molecular weight excluding hydrogens is 547 g/mol. The van der Waals surface area contributed by atoms with E-state index in [2.05, 4.69) is 15.5 Å². The summed E-state index contributed by atoms with van der Waals surface area (Å²) in [6, 6.07) is 18.9. The summed E-state index contributed by atoms with van der Waals surface area (Å²) >= 11 is 17.6. The van der Waals surface area contributed by atoms with E-state index in [1.54, 1.807) is 47.4 Å². The molecule has 0 aromatic heterocycles. The van der Waals surface area contributed by atoms with Crippen molar-refractivity contribution >= 4 is 69.7 Å². The van der Waals surface area contributed by atoms with Crippen molar-refractivity contribution in [2.24, 2.45) is 0 Å². The predicted molar refractivity (Wildman–Crippen MR) is 152 cm³/mol. The number of nitrogens with one attached hydrogen (secondary N) is 2. The first-order valence-corrected chi connectivity index (χ1v) is 12.8. The summed E-state index contributed by atoms with van der Waals surface area (Å²) in [4.78, 5) is 41.7. The van der Waals surface area contributed by atoms with Gasteiger partial charge in [-0.05, 0) is 54.7 Å². The molecule has 0 atom stereocenters. The van der Waals surface area contributed by atoms with Gasteiger partial charge in [0.2, 0.25) is 0 Å². The average molecular weight is 571 g/mol. The van der Waals surface area contributed by atoms with Crippen LogP contribution in [0.25, 0.3) is 0 Å². The van der Waals surface area contributed by atoms with Gasteiger partial charge in [0.15, 0.2) is 5.11 Å². The number of amides is 2. The van der Waals surface area contributed by atoms with Gasteiger partial charge in [0, 0.05) is 31.7 Å². The minimum absolute atomic E-state index is 0.00667. The zero-order chi connectivity index (χ0) is 27.2. The van der Waals surface area contributed by atoms with Crippen LogP contribution in [0.5, 0.6) is 0 Å². The molecule has 0 spiro atoms. The molecule has 1 fully saturated rings. The summed E-state index contributed by atoms with van der Waals surface area (Å²) in [5.74, 6) is -1.07. The molecule has 11 heteroatoms. The molecule has 0 saturated carbocycles. The molecule has 0 radical (unpaired) electrons. The van der Waals surface area contributed by atoms with Crippen molar-refractivity contribution in [2.45, 2.75) is 0 Å². The van der Waals surface area contributed by atoms with Crippen LogP contribution < -0.4 is 15.5 Å². The molecule has 38 heavy (non-hydrogen) atoms. The molecule has 0 bridgehead atoms. The van der Waals surface area contributed by atoms with Crippen LogP contribution in [0.4, 0.5) is 11.4 Å². The number of thiocarbonyl (C=S) groups is 1. The largest absolute Gasteiger partial charge is 0.465 e. The van der Waals surface area contributed by atoms with Crippen molar-refractivity contribution < 1.29 is 19.1 Å². The van der Waals surface area contributed by atoms with Gasteiger partial charge in [-0.25, -0.2) is 4.79 Å². The SMILES string of the molecule is COC(=O)c1ccc(N2CCN(C(=O)c3ccccc3)CC2)c(NC(=S)NC(=O)c2cccc(Cl)c2Cl)c1. The number of methoxy groups -OCH3 is 1. The van der Waals surface area contributed by atoms with Crippen LogP contribution in [-0.2, 0) is 4.74 Å². The molecule has 1 saturated heterocycles. The van der Waals surface area contributed by atoms with Crippen molar-refractivity contribution in [1.29, 1.82) is 0 Å². The Morgan fingerprint density at radius 3 is 2.29 bits per heavy atom. The Balaban J connectivity index is 1.50. The normalized spacial score (nSPS) is 13.0. The zero-order valence-electron chi connectivity index (χ0n) is 20.4. The highest BCUT2D eigenvalue weighted by Gasteiger charge is 2.25. The van der Waals surface area contributed by atoms with E-state index in [-0.39, 0.29) is 26.6 Å². The minimum atomic E-state index is -0.534. The van der Waals surface area contributed by atoms with Crippen LogP contribution in [0.1, 0.15) is 31.1 Å². The fraction of sp³-hybridized carbons (Fsp3) is 0.185. The van der Waals surface area contributed by atoms with Crippen LogP contribution >= 0.6 is 35.4 Å². The van der Waals surface area contributed by atoms with Gasteiger partial charge in [0.25, 0.3) is 11.8 Å². The average Bonchev–Trinajstić information content (AvgIpc) is 2.94. The van der Waals surface area contributed by atoms with E-state index in [4.69, 9.17) is 40.2 Å². The Morgan fingerprint density at radius 2 is 1.61 bits per heavy atom. The first-order valence-electron chi connectivity index (χ1n) is 11.7. The van der Waals surface area contributed by atoms with Gasteiger partial charge in [-0.2, -0.15) is 0 Å². The van der Waals surface area contributed by atoms with Crippen molar-refractivity contribution in [3.63, 3.8) is 0 Å². The van der Waals surface area contributed by atoms with E-state index in [9.17, 15) is 14.4 Å². The van der Waals surface area contributed by atoms with Crippen LogP contribution in [0.15, 0.2) is 66.7 Å². The number of anilines is 2. The lowest BCUT2D eigenvalue weighted by Crippen LogP contribution is -2.49. The van der Waals surface area contributed by atoms with E-state index in [0.29, 0.717) is 43.0 Å². The number of carbonyl (C=O) groups excluding carboxylic acids is 3. The van der Waals surface area contributed by atoms with Gasteiger partial charge in [0.1, 0.15) is 0 Å². The molecule has 2 amide bonds. The maximum Gasteiger partial charge on any atom is 0.337 e. The molecule has 3 aromatic rings. The van der Waals surface area contributed by atoms with Gasteiger partial charge in [0.05, 0.1) is 39.7 Å². The molecule has 4 rings (SSSR count). The molecule has 196 valence electrons. The monoisotopic (exact) mass is 570 g/mol. The van der Waals surface area contributed by atoms with Crippen molar-refractivity contribution in [2.75, 3.05) is 43.5 Å². The van der Waals surface area contributed by atoms with Crippen molar-refractivity contribution in [3.05, 3.63) is 93.5 Å². The molecule has 1 heterocycles. The predicted octanol–water partition coefficient (Wildman–Crippen LogP) is 4.87. The van der Waals surface area contributed by atoms with E-state index < -0.39 is 11.9 Å². The van der Waals surface area contributed by atoms with Gasteiger partial charge in [-0.15, -0.1) is 0 Å². The third-order valence-corrected chi connectivity index (χ3v) is 7.04. The first-order chi connectivity index (χ1) is 18.3. The third-order valence-electron chi connectivity index (χ3n) is 6.02. The Bertz CT molecular complexity index is 1380. The van der Waals surface area contributed by atoms with Gasteiger partial charge in [-0.1, -0.05) is 47.5 Å². The molecular formula is C27H24Cl2N4O4S. The number of hydrogen-bond acceptors (Lipinski definition) is 6. The lowest BCUT2D eigenvalue weighted by atomic mass is 10.1. The summed E-state index contributed by atoms with van der Waals surface area (Å²) in [7, 11) is 1.30. The van der Waals surface area contributed by atoms with Crippen molar-refractivity contribution in [3.8, 4) is 0 Å². The van der Waals surface area contributed by atoms with Gasteiger partial charge in [-0.3, -0.25) is 14.9 Å². The molecule has 3 aromatic carbocycles. The van der Waals surface area contributed by atoms with E-state index in [0.717, 1.165) is 5.69 Å². The standard InChI is InChI=1S/C27H24Cl2N4O4S/c1-37-26(36)18-10-11-22(32-12-14-33(15-13-32)25(35)17-6-3-2-4-7-17)21(16-18)30-27(38)31-24(34)19-8-5-9-20(28)23(19)29/h2-11,16H,12-15H2,1H3,(H2,30,31,34,38). The highest BCUT2D eigenvalue weighted by atomic mass is 35.5. The number of halogens is 2. The number of benzene rings is 3. The number of hydrogen-bond donors (Lipinski definition) is 2. The summed E-state index contributed by atoms with van der Waals surface area (Å²) in [5.41, 5.74) is 2.38. The summed E-state index contributed by atoms with van der Waals surface area (Å²) in [5, 5.41) is 5.98. The summed E-state index contributed by atoms with van der Waals surface area (Å²) in [6.07, 6.45) is 0. The molecule has 1 aliphatic heterocycles. The lowest BCUT2D eigenvalue weighted by Gasteiger charge is -2.37. The summed E-state index contributed by atoms with van der Waals surface area (Å²) in [6.45, 7) is 2.14. The van der Waals surface area contributed by atoms with Crippen LogP contribution in [0, 0.1) is 0 Å². The van der Waals surface area contributed by atoms with Gasteiger partial charge < -0.3 is 19.9 Å². The minimum Gasteiger partial charge on any atom is -0.465 e. The fourth-order valence-electron chi connectivity index (χ4n) is 4.07. The topological polar surface area (TPSA) is 91.0 Å². The third kappa shape index (κ3) is 6.24. The summed E-state index contributed by atoms with van der Waals surface area (Å²) < 4.78 is 4.86. The number of esters is 1. The molecule has 0 unspecified atom stereocenters. The van der Waals surface area contributed by atoms with E-state index >= 15 is 0 Å². The highest BCUT2D eigenvalue weighted by molar-refractivity contribution is 7.80. The molecule has 0 aliphatic carbocycles. The second kappa shape index (κ2) is 12.3. The van der Waals surface area contributed by atoms with E-state index in [1.807, 2.05) is 18.2 Å². The quantitative estimate of drug-likeness (QED) is 0.334. The number of rotatable bonds is 5. The van der Waals surface area contributed by atoms with Crippen LogP contribution in [-0.4, -0.2) is 61.1 Å². The Hall–Kier alpha value is -3.66. The first kappa shape index (κ1) is 27.4. The van der Waals surface area contributed by atoms with E-state index in [1.165, 1.54) is 13.2 Å². The Kier molecular flexibility index (Phi) is 8.83. The number of ether oxygens (including phenoxy) is 1.